The van der Waals surface area contributed by atoms with Crippen LogP contribution < -0.4 is 0 Å². The quantitative estimate of drug-likeness (QED) is 0.747. The summed E-state index contributed by atoms with van der Waals surface area (Å²) in [6, 6.07) is 0. The Morgan fingerprint density at radius 3 is 2.15 bits per heavy atom. The molecule has 2 rings (SSSR count). The molecule has 0 amide bonds. The Bertz CT molecular complexity index is 331. The van der Waals surface area contributed by atoms with Gasteiger partial charge in [-0.25, -0.2) is 13.2 Å². The lowest BCUT2D eigenvalue weighted by molar-refractivity contribution is -0.275. The zero-order valence-electron chi connectivity index (χ0n) is 10.5. The normalized spacial score (nSPS) is 31.5. The molecule has 0 N–H and O–H groups in total. The predicted molar refractivity (Wildman–Crippen MR) is 56.2 cm³/mol. The molecule has 2 saturated heterocycles. The number of hydrogen-bond acceptors (Lipinski definition) is 3. The van der Waals surface area contributed by atoms with Crippen molar-refractivity contribution in [3.05, 3.63) is 0 Å². The van der Waals surface area contributed by atoms with Gasteiger partial charge in [0.1, 0.15) is 12.3 Å². The first-order valence-corrected chi connectivity index (χ1v) is 6.29. The minimum absolute atomic E-state index is 0.158. The Morgan fingerprint density at radius 1 is 1.00 bits per heavy atom. The maximum atomic E-state index is 13.5. The van der Waals surface area contributed by atoms with Crippen molar-refractivity contribution in [2.75, 3.05) is 26.3 Å². The molecule has 0 aromatic heterocycles. The van der Waals surface area contributed by atoms with Gasteiger partial charge in [-0.1, -0.05) is 0 Å². The summed E-state index contributed by atoms with van der Waals surface area (Å²) in [6.07, 6.45) is -12.7. The molecule has 3 nitrogen and oxygen atoms in total. The van der Waals surface area contributed by atoms with Crippen LogP contribution in [0, 0.1) is 0 Å². The van der Waals surface area contributed by atoms with E-state index in [1.165, 1.54) is 0 Å². The summed E-state index contributed by atoms with van der Waals surface area (Å²) in [5, 5.41) is 0. The first-order chi connectivity index (χ1) is 9.23. The fourth-order valence-corrected chi connectivity index (χ4v) is 2.42. The fraction of sp³-hybridized carbons (Fsp3) is 1.00. The molecule has 0 spiro atoms. The summed E-state index contributed by atoms with van der Waals surface area (Å²) in [6.45, 7) is 1.74. The zero-order valence-corrected chi connectivity index (χ0v) is 10.5. The Balaban J connectivity index is 1.97. The third kappa shape index (κ3) is 3.20. The highest BCUT2D eigenvalue weighted by Gasteiger charge is 2.62. The number of ether oxygens (including phenoxy) is 2. The maximum absolute atomic E-state index is 13.5. The van der Waals surface area contributed by atoms with Crippen LogP contribution in [0.4, 0.5) is 26.3 Å². The van der Waals surface area contributed by atoms with E-state index in [0.29, 0.717) is 26.3 Å². The van der Waals surface area contributed by atoms with E-state index in [4.69, 9.17) is 9.47 Å². The second-order valence-electron chi connectivity index (χ2n) is 4.88. The molecule has 20 heavy (non-hydrogen) atoms. The van der Waals surface area contributed by atoms with E-state index in [-0.39, 0.29) is 12.8 Å². The summed E-state index contributed by atoms with van der Waals surface area (Å²) < 4.78 is 86.3. The number of halogens is 6. The largest absolute Gasteiger partial charge is 0.425 e. The molecule has 0 saturated carbocycles. The lowest BCUT2D eigenvalue weighted by Gasteiger charge is -2.33. The van der Waals surface area contributed by atoms with Crippen LogP contribution in [0.15, 0.2) is 0 Å². The monoisotopic (exact) mass is 307 g/mol. The van der Waals surface area contributed by atoms with Gasteiger partial charge in [0, 0.05) is 13.1 Å². The minimum Gasteiger partial charge on any atom is -0.379 e. The van der Waals surface area contributed by atoms with E-state index in [0.717, 1.165) is 0 Å². The molecule has 118 valence electrons. The summed E-state index contributed by atoms with van der Waals surface area (Å²) in [5.41, 5.74) is 0. The molecule has 2 aliphatic rings. The Hall–Kier alpha value is -0.540. The maximum Gasteiger partial charge on any atom is 0.425 e. The van der Waals surface area contributed by atoms with Crippen LogP contribution in [-0.2, 0) is 9.47 Å². The van der Waals surface area contributed by atoms with Crippen LogP contribution >= 0.6 is 0 Å². The van der Waals surface area contributed by atoms with E-state index in [1.54, 1.807) is 4.90 Å². The van der Waals surface area contributed by atoms with Crippen LogP contribution in [0.2, 0.25) is 0 Å². The lowest BCUT2D eigenvalue weighted by Crippen LogP contribution is -2.50. The van der Waals surface area contributed by atoms with E-state index in [9.17, 15) is 26.3 Å². The van der Waals surface area contributed by atoms with Crippen LogP contribution in [0.5, 0.6) is 0 Å². The number of nitrogens with zero attached hydrogens (tertiary/aromatic N) is 1. The Kier molecular flexibility index (Phi) is 4.50. The van der Waals surface area contributed by atoms with Crippen molar-refractivity contribution >= 4 is 0 Å². The lowest BCUT2D eigenvalue weighted by atomic mass is 10.0. The highest BCUT2D eigenvalue weighted by atomic mass is 19.4. The van der Waals surface area contributed by atoms with Crippen LogP contribution in [-0.4, -0.2) is 61.8 Å². The smallest absolute Gasteiger partial charge is 0.379 e. The minimum atomic E-state index is -5.59. The highest BCUT2D eigenvalue weighted by Crippen LogP contribution is 2.42. The van der Waals surface area contributed by atoms with Crippen molar-refractivity contribution in [3.63, 3.8) is 0 Å². The van der Waals surface area contributed by atoms with Crippen molar-refractivity contribution in [1.29, 1.82) is 0 Å². The molecule has 0 bridgehead atoms. The predicted octanol–water partition coefficient (Wildman–Crippen LogP) is 2.36. The van der Waals surface area contributed by atoms with Crippen molar-refractivity contribution in [2.45, 2.75) is 43.4 Å². The average Bonchev–Trinajstić information content (AvgIpc) is 2.88. The standard InChI is InChI=1S/C11H15F6NO2/c12-9(11(15,16)17)10(13,14)7-1-2-8(20-7)18-3-5-19-6-4-18/h7-9H,1-6H2. The van der Waals surface area contributed by atoms with E-state index in [1.807, 2.05) is 0 Å². The molecule has 0 aromatic carbocycles. The van der Waals surface area contributed by atoms with Gasteiger partial charge in [-0.2, -0.15) is 13.2 Å². The van der Waals surface area contributed by atoms with Gasteiger partial charge < -0.3 is 9.47 Å². The third-order valence-corrected chi connectivity index (χ3v) is 3.50. The molecular weight excluding hydrogens is 292 g/mol. The molecule has 3 unspecified atom stereocenters. The molecular formula is C11H15F6NO2. The van der Waals surface area contributed by atoms with E-state index in [2.05, 4.69) is 0 Å². The zero-order chi connectivity index (χ0) is 15.0. The average molecular weight is 307 g/mol. The first kappa shape index (κ1) is 15.8. The fourth-order valence-electron chi connectivity index (χ4n) is 2.42. The summed E-state index contributed by atoms with van der Waals surface area (Å²) in [7, 11) is 0. The van der Waals surface area contributed by atoms with Gasteiger partial charge in [-0.05, 0) is 12.8 Å². The van der Waals surface area contributed by atoms with Crippen molar-refractivity contribution in [1.82, 2.24) is 4.90 Å². The first-order valence-electron chi connectivity index (χ1n) is 6.29. The van der Waals surface area contributed by atoms with Crippen LogP contribution in [0.3, 0.4) is 0 Å². The molecule has 2 aliphatic heterocycles. The van der Waals surface area contributed by atoms with Gasteiger partial charge >= 0.3 is 12.1 Å². The summed E-state index contributed by atoms with van der Waals surface area (Å²) in [5.74, 6) is -4.57. The highest BCUT2D eigenvalue weighted by molar-refractivity contribution is 4.93. The number of morpholine rings is 1. The van der Waals surface area contributed by atoms with Gasteiger partial charge in [-0.15, -0.1) is 0 Å². The van der Waals surface area contributed by atoms with Gasteiger partial charge in [-0.3, -0.25) is 4.90 Å². The van der Waals surface area contributed by atoms with Gasteiger partial charge in [0.15, 0.2) is 0 Å². The van der Waals surface area contributed by atoms with Crippen LogP contribution in [0.25, 0.3) is 0 Å². The molecule has 0 aromatic rings. The number of hydrogen-bond donors (Lipinski definition) is 0. The van der Waals surface area contributed by atoms with Gasteiger partial charge in [0.2, 0.25) is 0 Å². The van der Waals surface area contributed by atoms with Gasteiger partial charge in [0.25, 0.3) is 6.17 Å². The van der Waals surface area contributed by atoms with E-state index >= 15 is 0 Å². The third-order valence-electron chi connectivity index (χ3n) is 3.50. The molecule has 0 aliphatic carbocycles. The topological polar surface area (TPSA) is 21.7 Å². The SMILES string of the molecule is FC(C(F)(F)F)C(F)(F)C1CCC(N2CCOCC2)O1. The summed E-state index contributed by atoms with van der Waals surface area (Å²) in [4.78, 5) is 1.72. The second kappa shape index (κ2) is 5.69. The molecule has 9 heteroatoms. The van der Waals surface area contributed by atoms with Crippen molar-refractivity contribution in [3.8, 4) is 0 Å². The molecule has 3 atom stereocenters. The second-order valence-corrected chi connectivity index (χ2v) is 4.88. The molecule has 2 heterocycles. The molecule has 0 radical (unpaired) electrons. The van der Waals surface area contributed by atoms with Gasteiger partial charge in [0.05, 0.1) is 13.2 Å². The number of alkyl halides is 6. The summed E-state index contributed by atoms with van der Waals surface area (Å²) >= 11 is 0. The van der Waals surface area contributed by atoms with Crippen molar-refractivity contribution in [2.24, 2.45) is 0 Å². The van der Waals surface area contributed by atoms with E-state index < -0.39 is 30.6 Å². The molecule has 2 fully saturated rings. The Morgan fingerprint density at radius 2 is 1.60 bits per heavy atom. The van der Waals surface area contributed by atoms with Crippen LogP contribution in [0.1, 0.15) is 12.8 Å². The Labute approximate surface area is 111 Å². The van der Waals surface area contributed by atoms with Crippen molar-refractivity contribution < 1.29 is 35.8 Å². The number of rotatable bonds is 3.